The first-order valence-electron chi connectivity index (χ1n) is 5.62. The Kier molecular flexibility index (Phi) is 2.60. The third kappa shape index (κ3) is 2.11. The lowest BCUT2D eigenvalue weighted by atomic mass is 10.2. The Hall–Kier alpha value is -2.89. The molecule has 19 heavy (non-hydrogen) atoms. The van der Waals surface area contributed by atoms with Crippen LogP contribution in [0.4, 0.5) is 11.5 Å². The largest absolute Gasteiger partial charge is 0.478 e. The van der Waals surface area contributed by atoms with Crippen molar-refractivity contribution in [3.63, 3.8) is 0 Å². The van der Waals surface area contributed by atoms with Crippen LogP contribution in [-0.2, 0) is 0 Å². The number of carboxylic acids is 1. The van der Waals surface area contributed by atoms with Gasteiger partial charge in [0.15, 0.2) is 0 Å². The number of benzene rings is 1. The highest BCUT2D eigenvalue weighted by molar-refractivity contribution is 5.92. The number of pyridine rings is 1. The average Bonchev–Trinajstić information content (AvgIpc) is 2.88. The molecule has 0 saturated carbocycles. The molecule has 0 fully saturated rings. The van der Waals surface area contributed by atoms with Gasteiger partial charge in [0.05, 0.1) is 22.7 Å². The highest BCUT2D eigenvalue weighted by Gasteiger charge is 2.06. The average molecular weight is 254 g/mol. The maximum atomic E-state index is 10.9. The van der Waals surface area contributed by atoms with E-state index in [1.54, 1.807) is 36.7 Å². The van der Waals surface area contributed by atoms with Gasteiger partial charge in [-0.25, -0.2) is 9.78 Å². The second-order valence-electron chi connectivity index (χ2n) is 4.00. The number of rotatable bonds is 3. The number of carboxylic acid groups (broad SMARTS) is 1. The maximum Gasteiger partial charge on any atom is 0.335 e. The number of H-pyrrole nitrogens is 1. The molecule has 3 rings (SSSR count). The van der Waals surface area contributed by atoms with E-state index in [1.165, 1.54) is 0 Å². The van der Waals surface area contributed by atoms with E-state index in [-0.39, 0.29) is 5.56 Å². The van der Waals surface area contributed by atoms with E-state index in [1.807, 2.05) is 6.07 Å². The van der Waals surface area contributed by atoms with E-state index >= 15 is 0 Å². The Labute approximate surface area is 108 Å². The molecule has 3 N–H and O–H groups in total. The second-order valence-corrected chi connectivity index (χ2v) is 4.00. The summed E-state index contributed by atoms with van der Waals surface area (Å²) < 4.78 is 0. The van der Waals surface area contributed by atoms with Crippen molar-refractivity contribution in [2.45, 2.75) is 0 Å². The molecule has 0 aliphatic carbocycles. The minimum Gasteiger partial charge on any atom is -0.478 e. The number of carbonyl (C=O) groups is 1. The van der Waals surface area contributed by atoms with Crippen LogP contribution in [0.5, 0.6) is 0 Å². The first-order chi connectivity index (χ1) is 9.24. The van der Waals surface area contributed by atoms with Gasteiger partial charge < -0.3 is 10.4 Å². The van der Waals surface area contributed by atoms with Gasteiger partial charge in [0.2, 0.25) is 0 Å². The van der Waals surface area contributed by atoms with Crippen LogP contribution < -0.4 is 5.32 Å². The quantitative estimate of drug-likeness (QED) is 0.667. The maximum absolute atomic E-state index is 10.9. The molecule has 1 aromatic carbocycles. The van der Waals surface area contributed by atoms with Crippen LogP contribution in [0, 0.1) is 0 Å². The number of anilines is 2. The van der Waals surface area contributed by atoms with Gasteiger partial charge in [0, 0.05) is 11.9 Å². The summed E-state index contributed by atoms with van der Waals surface area (Å²) in [6.07, 6.45) is 3.33. The number of aromatic amines is 1. The first kappa shape index (κ1) is 11.2. The molecule has 0 amide bonds. The lowest BCUT2D eigenvalue weighted by Crippen LogP contribution is -1.98. The van der Waals surface area contributed by atoms with Gasteiger partial charge in [0.25, 0.3) is 0 Å². The van der Waals surface area contributed by atoms with Crippen LogP contribution in [0.25, 0.3) is 10.9 Å². The highest BCUT2D eigenvalue weighted by atomic mass is 16.4. The van der Waals surface area contributed by atoms with Crippen molar-refractivity contribution in [2.75, 3.05) is 5.32 Å². The van der Waals surface area contributed by atoms with Crippen LogP contribution in [0.1, 0.15) is 10.4 Å². The molecule has 0 unspecified atom stereocenters. The van der Waals surface area contributed by atoms with Gasteiger partial charge in [-0.05, 0) is 24.3 Å². The number of hydrogen-bond acceptors (Lipinski definition) is 4. The van der Waals surface area contributed by atoms with E-state index in [9.17, 15) is 4.79 Å². The molecule has 3 aromatic rings. The second kappa shape index (κ2) is 4.41. The van der Waals surface area contributed by atoms with Gasteiger partial charge in [-0.2, -0.15) is 5.10 Å². The molecule has 94 valence electrons. The van der Waals surface area contributed by atoms with Crippen molar-refractivity contribution in [1.29, 1.82) is 0 Å². The van der Waals surface area contributed by atoms with Gasteiger partial charge in [-0.1, -0.05) is 6.07 Å². The number of aromatic nitrogens is 3. The van der Waals surface area contributed by atoms with Crippen molar-refractivity contribution in [2.24, 2.45) is 0 Å². The van der Waals surface area contributed by atoms with Gasteiger partial charge in [0.1, 0.15) is 5.82 Å². The van der Waals surface area contributed by atoms with E-state index < -0.39 is 5.97 Å². The molecule has 6 nitrogen and oxygen atoms in total. The Morgan fingerprint density at radius 2 is 2.21 bits per heavy atom. The topological polar surface area (TPSA) is 90.9 Å². The van der Waals surface area contributed by atoms with Crippen molar-refractivity contribution in [3.8, 4) is 0 Å². The first-order valence-corrected chi connectivity index (χ1v) is 5.62. The summed E-state index contributed by atoms with van der Waals surface area (Å²) in [6.45, 7) is 0. The zero-order valence-electron chi connectivity index (χ0n) is 9.79. The summed E-state index contributed by atoms with van der Waals surface area (Å²) in [7, 11) is 0. The zero-order valence-corrected chi connectivity index (χ0v) is 9.79. The number of hydrogen-bond donors (Lipinski definition) is 3. The van der Waals surface area contributed by atoms with Gasteiger partial charge in [-0.3, -0.25) is 5.10 Å². The Morgan fingerprint density at radius 3 is 3.05 bits per heavy atom. The van der Waals surface area contributed by atoms with E-state index in [0.29, 0.717) is 11.5 Å². The minimum atomic E-state index is -0.960. The van der Waals surface area contributed by atoms with Gasteiger partial charge >= 0.3 is 5.97 Å². The normalized spacial score (nSPS) is 10.5. The van der Waals surface area contributed by atoms with Crippen LogP contribution in [-0.4, -0.2) is 26.3 Å². The molecule has 0 bridgehead atoms. The third-order valence-corrected chi connectivity index (χ3v) is 2.74. The number of nitrogens with zero attached hydrogens (tertiary/aromatic N) is 2. The zero-order chi connectivity index (χ0) is 13.2. The standard InChI is InChI=1S/C13H10N4O2/c18-13(19)8-2-1-3-9(6-8)16-12-10-7-15-17-11(10)4-5-14-12/h1-7H,(H,14,16)(H,15,17)(H,18,19). The summed E-state index contributed by atoms with van der Waals surface area (Å²) in [6, 6.07) is 8.39. The van der Waals surface area contributed by atoms with Crippen LogP contribution in [0.15, 0.2) is 42.7 Å². The lowest BCUT2D eigenvalue weighted by molar-refractivity contribution is 0.0697. The van der Waals surface area contributed by atoms with Crippen LogP contribution >= 0.6 is 0 Å². The number of aromatic carboxylic acids is 1. The summed E-state index contributed by atoms with van der Waals surface area (Å²) in [5.74, 6) is -0.327. The molecule has 2 aromatic heterocycles. The third-order valence-electron chi connectivity index (χ3n) is 2.74. The molecule has 2 heterocycles. The molecular formula is C13H10N4O2. The molecule has 0 aliphatic rings. The monoisotopic (exact) mass is 254 g/mol. The predicted octanol–water partition coefficient (Wildman–Crippen LogP) is 2.40. The minimum absolute atomic E-state index is 0.226. The SMILES string of the molecule is O=C(O)c1cccc(Nc2nccc3[nH]ncc23)c1. The van der Waals surface area contributed by atoms with Crippen LogP contribution in [0.3, 0.4) is 0 Å². The summed E-state index contributed by atoms with van der Waals surface area (Å²) in [5, 5.41) is 19.7. The fraction of sp³-hybridized carbons (Fsp3) is 0. The molecule has 0 aliphatic heterocycles. The molecular weight excluding hydrogens is 244 g/mol. The molecule has 0 saturated heterocycles. The Bertz CT molecular complexity index is 751. The van der Waals surface area contributed by atoms with Crippen molar-refractivity contribution >= 4 is 28.4 Å². The van der Waals surface area contributed by atoms with Crippen molar-refractivity contribution in [1.82, 2.24) is 15.2 Å². The van der Waals surface area contributed by atoms with Crippen molar-refractivity contribution < 1.29 is 9.90 Å². The fourth-order valence-electron chi connectivity index (χ4n) is 1.83. The van der Waals surface area contributed by atoms with E-state index in [0.717, 1.165) is 10.9 Å². The number of fused-ring (bicyclic) bond motifs is 1. The Morgan fingerprint density at radius 1 is 1.32 bits per heavy atom. The Balaban J connectivity index is 1.99. The van der Waals surface area contributed by atoms with Gasteiger partial charge in [-0.15, -0.1) is 0 Å². The summed E-state index contributed by atoms with van der Waals surface area (Å²) in [4.78, 5) is 15.1. The number of nitrogens with one attached hydrogen (secondary N) is 2. The summed E-state index contributed by atoms with van der Waals surface area (Å²) in [5.41, 5.74) is 1.76. The molecule has 0 radical (unpaired) electrons. The van der Waals surface area contributed by atoms with E-state index in [4.69, 9.17) is 5.11 Å². The summed E-state index contributed by atoms with van der Waals surface area (Å²) >= 11 is 0. The lowest BCUT2D eigenvalue weighted by Gasteiger charge is -2.07. The van der Waals surface area contributed by atoms with E-state index in [2.05, 4.69) is 20.5 Å². The fourth-order valence-corrected chi connectivity index (χ4v) is 1.83. The molecule has 0 atom stereocenters. The predicted molar refractivity (Wildman–Crippen MR) is 70.6 cm³/mol. The molecule has 6 heteroatoms. The molecule has 0 spiro atoms. The van der Waals surface area contributed by atoms with Crippen molar-refractivity contribution in [3.05, 3.63) is 48.3 Å². The van der Waals surface area contributed by atoms with Crippen LogP contribution in [0.2, 0.25) is 0 Å². The smallest absolute Gasteiger partial charge is 0.335 e. The highest BCUT2D eigenvalue weighted by Crippen LogP contribution is 2.22.